The van der Waals surface area contributed by atoms with E-state index in [2.05, 4.69) is 18.8 Å². The predicted octanol–water partition coefficient (Wildman–Crippen LogP) is 2.35. The summed E-state index contributed by atoms with van der Waals surface area (Å²) in [6.45, 7) is 4.32. The average molecular weight is 409 g/mol. The minimum absolute atomic E-state index is 0.198. The molecule has 30 heavy (non-hydrogen) atoms. The molecule has 2 aromatic carbocycles. The summed E-state index contributed by atoms with van der Waals surface area (Å²) in [4.78, 5) is 3.48. The van der Waals surface area contributed by atoms with Crippen LogP contribution in [-0.2, 0) is 9.47 Å². The van der Waals surface area contributed by atoms with E-state index in [0.29, 0.717) is 0 Å². The summed E-state index contributed by atoms with van der Waals surface area (Å²) < 4.78 is 12.8. The largest absolute Gasteiger partial charge is 0.508 e. The van der Waals surface area contributed by atoms with Crippen LogP contribution in [0.5, 0.6) is 5.75 Å². The number of benzene rings is 2. The van der Waals surface area contributed by atoms with Gasteiger partial charge in [-0.2, -0.15) is 4.57 Å². The molecule has 0 aliphatic carbocycles. The van der Waals surface area contributed by atoms with Gasteiger partial charge in [0.2, 0.25) is 0 Å². The quantitative estimate of drug-likeness (QED) is 0.381. The number of H-pyrrole nitrogens is 1. The number of phenols is 1. The van der Waals surface area contributed by atoms with Crippen LogP contribution < -0.4 is 4.57 Å². The Morgan fingerprint density at radius 1 is 1.07 bits per heavy atom. The van der Waals surface area contributed by atoms with Crippen LogP contribution in [-0.4, -0.2) is 52.3 Å². The van der Waals surface area contributed by atoms with Gasteiger partial charge in [0.1, 0.15) is 18.0 Å². The molecule has 7 heteroatoms. The van der Waals surface area contributed by atoms with Crippen molar-refractivity contribution in [1.82, 2.24) is 4.98 Å². The van der Waals surface area contributed by atoms with E-state index >= 15 is 0 Å². The maximum absolute atomic E-state index is 10.6. The van der Waals surface area contributed by atoms with Crippen LogP contribution >= 0.6 is 0 Å². The third kappa shape index (κ3) is 2.70. The number of aryl methyl sites for hydroxylation is 2. The molecule has 4 N–H and O–H groups in total. The number of aliphatic hydroxyl groups excluding tert-OH is 2. The molecule has 1 saturated heterocycles. The highest BCUT2D eigenvalue weighted by Crippen LogP contribution is 2.37. The lowest BCUT2D eigenvalue weighted by molar-refractivity contribution is -0.774. The van der Waals surface area contributed by atoms with Gasteiger partial charge < -0.3 is 29.8 Å². The lowest BCUT2D eigenvalue weighted by atomic mass is 9.96. The van der Waals surface area contributed by atoms with Crippen LogP contribution in [0, 0.1) is 13.8 Å². The highest BCUT2D eigenvalue weighted by atomic mass is 16.6. The molecule has 1 aliphatic rings. The Balaban J connectivity index is 1.71. The topological polar surface area (TPSA) is 98.8 Å². The van der Waals surface area contributed by atoms with Crippen molar-refractivity contribution in [3.8, 4) is 5.75 Å². The molecule has 0 saturated carbocycles. The Morgan fingerprint density at radius 3 is 2.63 bits per heavy atom. The second-order valence-corrected chi connectivity index (χ2v) is 8.05. The molecule has 0 spiro atoms. The van der Waals surface area contributed by atoms with Crippen molar-refractivity contribution >= 4 is 32.6 Å². The van der Waals surface area contributed by atoms with Crippen LogP contribution in [0.4, 0.5) is 0 Å². The number of aromatic hydroxyl groups is 1. The Bertz CT molecular complexity index is 1280. The molecular formula is C23H25N2O5+. The summed E-state index contributed by atoms with van der Waals surface area (Å²) >= 11 is 0. The van der Waals surface area contributed by atoms with Crippen molar-refractivity contribution in [1.29, 1.82) is 0 Å². The van der Waals surface area contributed by atoms with Gasteiger partial charge in [-0.15, -0.1) is 0 Å². The summed E-state index contributed by atoms with van der Waals surface area (Å²) in [5.74, 6) is 0.226. The Hall–Kier alpha value is -2.71. The third-order valence-electron chi connectivity index (χ3n) is 6.37. The molecule has 1 aliphatic heterocycles. The number of aromatic amines is 1. The van der Waals surface area contributed by atoms with Gasteiger partial charge in [0.15, 0.2) is 18.5 Å². The maximum atomic E-state index is 10.6. The number of ether oxygens (including phenoxy) is 2. The predicted molar refractivity (Wildman–Crippen MR) is 112 cm³/mol. The first-order valence-corrected chi connectivity index (χ1v) is 9.99. The zero-order valence-electron chi connectivity index (χ0n) is 17.1. The third-order valence-corrected chi connectivity index (χ3v) is 6.37. The summed E-state index contributed by atoms with van der Waals surface area (Å²) in [5.41, 5.74) is 4.19. The van der Waals surface area contributed by atoms with Gasteiger partial charge in [0, 0.05) is 34.9 Å². The molecule has 7 nitrogen and oxygen atoms in total. The number of nitrogens with zero attached hydrogens (tertiary/aromatic N) is 1. The van der Waals surface area contributed by atoms with Crippen molar-refractivity contribution in [2.24, 2.45) is 0 Å². The van der Waals surface area contributed by atoms with Crippen LogP contribution in [0.1, 0.15) is 17.4 Å². The fourth-order valence-electron chi connectivity index (χ4n) is 4.67. The van der Waals surface area contributed by atoms with Crippen molar-refractivity contribution in [2.45, 2.75) is 38.4 Å². The Labute approximate surface area is 173 Å². The Kier molecular flexibility index (Phi) is 4.44. The van der Waals surface area contributed by atoms with Gasteiger partial charge in [0.25, 0.3) is 6.23 Å². The zero-order valence-corrected chi connectivity index (χ0v) is 17.1. The molecule has 4 aromatic rings. The van der Waals surface area contributed by atoms with E-state index in [1.54, 1.807) is 16.7 Å². The van der Waals surface area contributed by atoms with E-state index in [0.717, 1.165) is 43.7 Å². The number of pyridine rings is 1. The highest BCUT2D eigenvalue weighted by Gasteiger charge is 2.44. The number of phenolic OH excluding ortho intramolecular Hbond substituents is 1. The van der Waals surface area contributed by atoms with Crippen molar-refractivity contribution in [3.63, 3.8) is 0 Å². The van der Waals surface area contributed by atoms with Gasteiger partial charge in [-0.3, -0.25) is 0 Å². The highest BCUT2D eigenvalue weighted by molar-refractivity contribution is 6.16. The first-order valence-electron chi connectivity index (χ1n) is 9.99. The summed E-state index contributed by atoms with van der Waals surface area (Å²) in [5, 5.41) is 35.1. The molecule has 1 fully saturated rings. The second kappa shape index (κ2) is 6.92. The van der Waals surface area contributed by atoms with Crippen LogP contribution in [0.2, 0.25) is 0 Å². The normalized spacial score (nSPS) is 24.8. The van der Waals surface area contributed by atoms with E-state index < -0.39 is 24.5 Å². The molecule has 4 atom stereocenters. The van der Waals surface area contributed by atoms with Gasteiger partial charge >= 0.3 is 0 Å². The number of rotatable bonds is 2. The molecule has 0 radical (unpaired) electrons. The molecule has 2 aromatic heterocycles. The number of hydrogen-bond acceptors (Lipinski definition) is 5. The molecule has 5 rings (SSSR count). The zero-order chi connectivity index (χ0) is 21.2. The van der Waals surface area contributed by atoms with Crippen molar-refractivity contribution < 1.29 is 29.4 Å². The lowest BCUT2D eigenvalue weighted by Gasteiger charge is -2.33. The summed E-state index contributed by atoms with van der Waals surface area (Å²) in [7, 11) is 1.49. The van der Waals surface area contributed by atoms with E-state index in [-0.39, 0.29) is 12.4 Å². The van der Waals surface area contributed by atoms with Crippen LogP contribution in [0.3, 0.4) is 0 Å². The van der Waals surface area contributed by atoms with E-state index in [1.807, 2.05) is 24.5 Å². The van der Waals surface area contributed by atoms with Crippen molar-refractivity contribution in [3.05, 3.63) is 47.8 Å². The first-order chi connectivity index (χ1) is 14.4. The van der Waals surface area contributed by atoms with Crippen LogP contribution in [0.25, 0.3) is 32.6 Å². The fourth-order valence-corrected chi connectivity index (χ4v) is 4.67. The average Bonchev–Trinajstić information content (AvgIpc) is 3.12. The lowest BCUT2D eigenvalue weighted by Crippen LogP contribution is -2.59. The molecule has 3 heterocycles. The summed E-state index contributed by atoms with van der Waals surface area (Å²) in [6, 6.07) is 7.34. The molecule has 156 valence electrons. The first kappa shape index (κ1) is 19.3. The number of aromatic nitrogens is 2. The van der Waals surface area contributed by atoms with Gasteiger partial charge in [0.05, 0.1) is 12.1 Å². The monoisotopic (exact) mass is 409 g/mol. The van der Waals surface area contributed by atoms with E-state index in [9.17, 15) is 15.3 Å². The number of nitrogens with one attached hydrogen (secondary N) is 1. The minimum Gasteiger partial charge on any atom is -0.508 e. The van der Waals surface area contributed by atoms with Gasteiger partial charge in [-0.1, -0.05) is 0 Å². The standard InChI is InChI=1S/C23H24N2O5/c1-11-16-9-25(23-22(28)21(27)18(29-3)10-30-23)7-6-14(16)12(2)20-19(11)15-8-13(26)4-5-17(15)24-20/h4-9,18,21-23,26-28H,10H2,1-3H3/p+1/t18-,21-,22+,23+/m0/s1. The van der Waals surface area contributed by atoms with Crippen LogP contribution in [0.15, 0.2) is 36.7 Å². The smallest absolute Gasteiger partial charge is 0.291 e. The van der Waals surface area contributed by atoms with E-state index in [4.69, 9.17) is 9.47 Å². The van der Waals surface area contributed by atoms with E-state index in [1.165, 1.54) is 7.11 Å². The second-order valence-electron chi connectivity index (χ2n) is 8.05. The SMILES string of the molecule is CO[C@H]1CO[C@@H]([n+]2ccc3c(C)c4[nH]c5ccc(O)cc5c4c(C)c3c2)[C@H](O)[C@H]1O. The number of methoxy groups -OCH3 is 1. The molecule has 0 amide bonds. The summed E-state index contributed by atoms with van der Waals surface area (Å²) in [6.07, 6.45) is 0.410. The number of aliphatic hydroxyl groups is 2. The number of hydrogen-bond donors (Lipinski definition) is 4. The van der Waals surface area contributed by atoms with Crippen molar-refractivity contribution in [2.75, 3.05) is 13.7 Å². The molecule has 0 unspecified atom stereocenters. The molecular weight excluding hydrogens is 384 g/mol. The fraction of sp³-hybridized carbons (Fsp3) is 0.348. The minimum atomic E-state index is -1.11. The molecule has 0 bridgehead atoms. The van der Waals surface area contributed by atoms with Gasteiger partial charge in [-0.05, 0) is 48.6 Å². The Morgan fingerprint density at radius 2 is 1.87 bits per heavy atom. The van der Waals surface area contributed by atoms with Gasteiger partial charge in [-0.25, -0.2) is 0 Å². The maximum Gasteiger partial charge on any atom is 0.291 e. The number of fused-ring (bicyclic) bond motifs is 4.